The molecule has 0 amide bonds. The fraction of sp³-hybridized carbons (Fsp3) is 0.385. The van der Waals surface area contributed by atoms with Crippen LogP contribution in [0.5, 0.6) is 11.5 Å². The molecule has 0 aliphatic carbocycles. The molecular formula is C13H15NO2. The summed E-state index contributed by atoms with van der Waals surface area (Å²) in [6, 6.07) is 5.46. The summed E-state index contributed by atoms with van der Waals surface area (Å²) in [5.41, 5.74) is 1.11. The summed E-state index contributed by atoms with van der Waals surface area (Å²) >= 11 is 0. The van der Waals surface area contributed by atoms with E-state index in [1.54, 1.807) is 12.1 Å². The Morgan fingerprint density at radius 3 is 3.25 bits per heavy atom. The Morgan fingerprint density at radius 2 is 2.44 bits per heavy atom. The summed E-state index contributed by atoms with van der Waals surface area (Å²) in [6.07, 6.45) is 0.848. The van der Waals surface area contributed by atoms with E-state index in [9.17, 15) is 5.11 Å². The first-order valence-electron chi connectivity index (χ1n) is 5.40. The lowest BCUT2D eigenvalue weighted by molar-refractivity contribution is 0.311. The van der Waals surface area contributed by atoms with E-state index < -0.39 is 0 Å². The van der Waals surface area contributed by atoms with Gasteiger partial charge in [0.15, 0.2) is 0 Å². The van der Waals surface area contributed by atoms with Gasteiger partial charge in [0.25, 0.3) is 0 Å². The number of ether oxygens (including phenoxy) is 1. The second-order valence-electron chi connectivity index (χ2n) is 3.72. The average molecular weight is 217 g/mol. The van der Waals surface area contributed by atoms with E-state index in [-0.39, 0.29) is 11.8 Å². The molecule has 3 nitrogen and oxygen atoms in total. The minimum atomic E-state index is 0.217. The lowest BCUT2D eigenvalue weighted by Gasteiger charge is -2.09. The van der Waals surface area contributed by atoms with Crippen LogP contribution in [0, 0.1) is 11.8 Å². The molecule has 0 spiro atoms. The first-order chi connectivity index (χ1) is 7.81. The van der Waals surface area contributed by atoms with E-state index in [2.05, 4.69) is 17.2 Å². The highest BCUT2D eigenvalue weighted by Crippen LogP contribution is 2.34. The standard InChI is InChI=1S/C13H15NO2/c1-2-3-4-7-14-12-9-16-13-8-10(15)5-6-11(12)13/h5-6,8,12,14-15H,4,7,9H2,1H3. The van der Waals surface area contributed by atoms with Gasteiger partial charge in [0.1, 0.15) is 18.1 Å². The number of rotatable bonds is 3. The second kappa shape index (κ2) is 4.91. The zero-order valence-electron chi connectivity index (χ0n) is 9.29. The maximum atomic E-state index is 9.31. The van der Waals surface area contributed by atoms with Gasteiger partial charge in [-0.05, 0) is 19.1 Å². The Balaban J connectivity index is 1.97. The Kier molecular flexibility index (Phi) is 3.33. The highest BCUT2D eigenvalue weighted by molar-refractivity contribution is 5.44. The molecule has 1 heterocycles. The summed E-state index contributed by atoms with van der Waals surface area (Å²) in [7, 11) is 0. The molecule has 0 saturated carbocycles. The number of hydrogen-bond acceptors (Lipinski definition) is 3. The largest absolute Gasteiger partial charge is 0.508 e. The fourth-order valence-electron chi connectivity index (χ4n) is 1.80. The molecule has 1 aliphatic heterocycles. The van der Waals surface area contributed by atoms with Crippen LogP contribution in [-0.4, -0.2) is 18.3 Å². The molecule has 84 valence electrons. The van der Waals surface area contributed by atoms with Gasteiger partial charge in [0.05, 0.1) is 6.04 Å². The quantitative estimate of drug-likeness (QED) is 0.599. The van der Waals surface area contributed by atoms with Gasteiger partial charge in [0, 0.05) is 24.6 Å². The number of nitrogens with one attached hydrogen (secondary N) is 1. The molecule has 1 aliphatic rings. The summed E-state index contributed by atoms with van der Waals surface area (Å²) in [4.78, 5) is 0. The second-order valence-corrected chi connectivity index (χ2v) is 3.72. The molecule has 0 aromatic heterocycles. The molecule has 2 N–H and O–H groups in total. The van der Waals surface area contributed by atoms with Crippen LogP contribution in [-0.2, 0) is 0 Å². The van der Waals surface area contributed by atoms with Crippen molar-refractivity contribution in [2.75, 3.05) is 13.2 Å². The van der Waals surface area contributed by atoms with Gasteiger partial charge in [-0.25, -0.2) is 0 Å². The molecule has 2 rings (SSSR count). The van der Waals surface area contributed by atoms with Gasteiger partial charge in [0.2, 0.25) is 0 Å². The molecule has 16 heavy (non-hydrogen) atoms. The van der Waals surface area contributed by atoms with Crippen molar-refractivity contribution in [2.45, 2.75) is 19.4 Å². The Hall–Kier alpha value is -1.66. The lowest BCUT2D eigenvalue weighted by atomic mass is 10.1. The van der Waals surface area contributed by atoms with E-state index in [4.69, 9.17) is 4.74 Å². The zero-order chi connectivity index (χ0) is 11.4. The summed E-state index contributed by atoms with van der Waals surface area (Å²) < 4.78 is 5.49. The molecule has 0 fully saturated rings. The summed E-state index contributed by atoms with van der Waals surface area (Å²) in [6.45, 7) is 3.32. The van der Waals surface area contributed by atoms with Crippen LogP contribution in [0.3, 0.4) is 0 Å². The van der Waals surface area contributed by atoms with Crippen LogP contribution in [0.1, 0.15) is 24.9 Å². The third-order valence-electron chi connectivity index (χ3n) is 2.60. The van der Waals surface area contributed by atoms with Crippen molar-refractivity contribution in [1.29, 1.82) is 0 Å². The van der Waals surface area contributed by atoms with Gasteiger partial charge in [-0.15, -0.1) is 11.8 Å². The van der Waals surface area contributed by atoms with Crippen molar-refractivity contribution < 1.29 is 9.84 Å². The summed E-state index contributed by atoms with van der Waals surface area (Å²) in [5.74, 6) is 6.90. The van der Waals surface area contributed by atoms with Crippen LogP contribution in [0.15, 0.2) is 18.2 Å². The van der Waals surface area contributed by atoms with E-state index in [1.807, 2.05) is 13.0 Å². The molecule has 1 unspecified atom stereocenters. The Bertz CT molecular complexity index is 431. The molecule has 0 radical (unpaired) electrons. The predicted molar refractivity (Wildman–Crippen MR) is 62.4 cm³/mol. The third-order valence-corrected chi connectivity index (χ3v) is 2.60. The van der Waals surface area contributed by atoms with Crippen molar-refractivity contribution in [2.24, 2.45) is 0 Å². The number of hydrogen-bond donors (Lipinski definition) is 2. The highest BCUT2D eigenvalue weighted by atomic mass is 16.5. The first-order valence-corrected chi connectivity index (χ1v) is 5.40. The van der Waals surface area contributed by atoms with Gasteiger partial charge < -0.3 is 15.2 Å². The molecule has 1 aromatic rings. The molecule has 1 atom stereocenters. The highest BCUT2D eigenvalue weighted by Gasteiger charge is 2.23. The van der Waals surface area contributed by atoms with Crippen LogP contribution >= 0.6 is 0 Å². The van der Waals surface area contributed by atoms with E-state index in [1.165, 1.54) is 0 Å². The van der Waals surface area contributed by atoms with Crippen molar-refractivity contribution >= 4 is 0 Å². The zero-order valence-corrected chi connectivity index (χ0v) is 9.29. The monoisotopic (exact) mass is 217 g/mol. The van der Waals surface area contributed by atoms with Crippen molar-refractivity contribution in [3.05, 3.63) is 23.8 Å². The number of benzene rings is 1. The number of aromatic hydroxyl groups is 1. The number of fused-ring (bicyclic) bond motifs is 1. The van der Waals surface area contributed by atoms with Crippen molar-refractivity contribution in [3.8, 4) is 23.3 Å². The van der Waals surface area contributed by atoms with Crippen LogP contribution in [0.4, 0.5) is 0 Å². The topological polar surface area (TPSA) is 41.5 Å². The van der Waals surface area contributed by atoms with Gasteiger partial charge in [-0.3, -0.25) is 0 Å². The average Bonchev–Trinajstić information content (AvgIpc) is 2.67. The van der Waals surface area contributed by atoms with Crippen LogP contribution in [0.2, 0.25) is 0 Å². The van der Waals surface area contributed by atoms with Gasteiger partial charge in [-0.1, -0.05) is 0 Å². The predicted octanol–water partition coefficient (Wildman–Crippen LogP) is 1.83. The third kappa shape index (κ3) is 2.29. The van der Waals surface area contributed by atoms with Crippen molar-refractivity contribution in [1.82, 2.24) is 5.32 Å². The fourth-order valence-corrected chi connectivity index (χ4v) is 1.80. The lowest BCUT2D eigenvalue weighted by Crippen LogP contribution is -2.23. The molecule has 0 saturated heterocycles. The maximum absolute atomic E-state index is 9.31. The van der Waals surface area contributed by atoms with Crippen LogP contribution in [0.25, 0.3) is 0 Å². The minimum Gasteiger partial charge on any atom is -0.508 e. The smallest absolute Gasteiger partial charge is 0.127 e. The molecular weight excluding hydrogens is 202 g/mol. The summed E-state index contributed by atoms with van der Waals surface area (Å²) in [5, 5.41) is 12.7. The molecule has 0 bridgehead atoms. The van der Waals surface area contributed by atoms with E-state index in [0.29, 0.717) is 6.61 Å². The molecule has 1 aromatic carbocycles. The minimum absolute atomic E-state index is 0.217. The first kappa shape index (κ1) is 10.8. The SMILES string of the molecule is CC#CCCNC1COc2cc(O)ccc21. The Labute approximate surface area is 95.4 Å². The van der Waals surface area contributed by atoms with Gasteiger partial charge >= 0.3 is 0 Å². The normalized spacial score (nSPS) is 17.2. The number of phenolic OH excluding ortho intramolecular Hbond substituents is 1. The number of phenols is 1. The van der Waals surface area contributed by atoms with E-state index in [0.717, 1.165) is 24.3 Å². The Morgan fingerprint density at radius 1 is 1.56 bits per heavy atom. The van der Waals surface area contributed by atoms with Crippen molar-refractivity contribution in [3.63, 3.8) is 0 Å². The van der Waals surface area contributed by atoms with Gasteiger partial charge in [-0.2, -0.15) is 0 Å². The maximum Gasteiger partial charge on any atom is 0.127 e. The van der Waals surface area contributed by atoms with E-state index >= 15 is 0 Å². The van der Waals surface area contributed by atoms with Crippen LogP contribution < -0.4 is 10.1 Å². The molecule has 3 heteroatoms.